The van der Waals surface area contributed by atoms with E-state index in [-0.39, 0.29) is 5.91 Å². The SMILES string of the molecule is COCCn1c(=NC(=O)c2ccc(C#N)cc2)sc2cc(C)cc(C)c21. The normalized spacial score (nSPS) is 11.7. The van der Waals surface area contributed by atoms with E-state index in [2.05, 4.69) is 31.0 Å². The second kappa shape index (κ2) is 7.65. The molecule has 0 aliphatic heterocycles. The van der Waals surface area contributed by atoms with Crippen molar-refractivity contribution in [1.82, 2.24) is 4.57 Å². The van der Waals surface area contributed by atoms with E-state index in [0.29, 0.717) is 29.1 Å². The molecule has 0 aliphatic rings. The maximum Gasteiger partial charge on any atom is 0.279 e. The van der Waals surface area contributed by atoms with E-state index in [1.807, 2.05) is 10.6 Å². The average molecular weight is 365 g/mol. The van der Waals surface area contributed by atoms with E-state index in [1.165, 1.54) is 16.9 Å². The third-order valence-electron chi connectivity index (χ3n) is 4.09. The van der Waals surface area contributed by atoms with E-state index < -0.39 is 0 Å². The van der Waals surface area contributed by atoms with Gasteiger partial charge in [-0.2, -0.15) is 10.3 Å². The lowest BCUT2D eigenvalue weighted by Gasteiger charge is -2.07. The third-order valence-corrected chi connectivity index (χ3v) is 5.11. The van der Waals surface area contributed by atoms with Crippen LogP contribution in [0.25, 0.3) is 10.2 Å². The third kappa shape index (κ3) is 3.59. The number of nitrogens with zero attached hydrogens (tertiary/aromatic N) is 3. The first-order valence-electron chi connectivity index (χ1n) is 8.22. The fourth-order valence-corrected chi connectivity index (χ4v) is 4.14. The Morgan fingerprint density at radius 1 is 1.27 bits per heavy atom. The van der Waals surface area contributed by atoms with Gasteiger partial charge in [-0.05, 0) is 55.3 Å². The molecule has 0 spiro atoms. The Bertz CT molecular complexity index is 1070. The van der Waals surface area contributed by atoms with Crippen LogP contribution >= 0.6 is 11.3 Å². The molecule has 0 aliphatic carbocycles. The number of carbonyl (C=O) groups is 1. The number of rotatable bonds is 4. The molecule has 0 unspecified atom stereocenters. The topological polar surface area (TPSA) is 67.4 Å². The number of methoxy groups -OCH3 is 1. The highest BCUT2D eigenvalue weighted by Crippen LogP contribution is 2.23. The molecule has 0 bridgehead atoms. The average Bonchev–Trinajstić information content (AvgIpc) is 2.97. The van der Waals surface area contributed by atoms with Crippen LogP contribution in [0.5, 0.6) is 0 Å². The molecule has 0 radical (unpaired) electrons. The van der Waals surface area contributed by atoms with E-state index in [1.54, 1.807) is 31.4 Å². The Balaban J connectivity index is 2.12. The van der Waals surface area contributed by atoms with Crippen LogP contribution in [0.3, 0.4) is 0 Å². The number of ether oxygens (including phenoxy) is 1. The quantitative estimate of drug-likeness (QED) is 0.710. The fraction of sp³-hybridized carbons (Fsp3) is 0.250. The Hall–Kier alpha value is -2.75. The lowest BCUT2D eigenvalue weighted by Crippen LogP contribution is -2.19. The number of aromatic nitrogens is 1. The molecule has 0 fully saturated rings. The van der Waals surface area contributed by atoms with E-state index in [4.69, 9.17) is 10.00 Å². The zero-order chi connectivity index (χ0) is 18.7. The standard InChI is InChI=1S/C20H19N3O2S/c1-13-10-14(2)18-17(11-13)26-20(23(18)8-9-25-3)22-19(24)16-6-4-15(12-21)5-7-16/h4-7,10-11H,8-9H2,1-3H3. The predicted molar refractivity (Wildman–Crippen MR) is 102 cm³/mol. The van der Waals surface area contributed by atoms with Gasteiger partial charge >= 0.3 is 0 Å². The molecule has 0 saturated carbocycles. The largest absolute Gasteiger partial charge is 0.383 e. The van der Waals surface area contributed by atoms with Crippen molar-refractivity contribution in [2.75, 3.05) is 13.7 Å². The molecule has 1 amide bonds. The minimum Gasteiger partial charge on any atom is -0.383 e. The number of carbonyl (C=O) groups excluding carboxylic acids is 1. The van der Waals surface area contributed by atoms with Gasteiger partial charge in [-0.3, -0.25) is 4.79 Å². The highest BCUT2D eigenvalue weighted by molar-refractivity contribution is 7.16. The lowest BCUT2D eigenvalue weighted by atomic mass is 10.1. The molecule has 26 heavy (non-hydrogen) atoms. The molecule has 5 nitrogen and oxygen atoms in total. The van der Waals surface area contributed by atoms with Gasteiger partial charge in [-0.1, -0.05) is 17.4 Å². The van der Waals surface area contributed by atoms with Gasteiger partial charge in [0.25, 0.3) is 5.91 Å². The number of aryl methyl sites for hydroxylation is 2. The summed E-state index contributed by atoms with van der Waals surface area (Å²) in [6.07, 6.45) is 0. The van der Waals surface area contributed by atoms with Crippen LogP contribution in [0, 0.1) is 25.2 Å². The van der Waals surface area contributed by atoms with Gasteiger partial charge in [-0.25, -0.2) is 0 Å². The van der Waals surface area contributed by atoms with Crippen molar-refractivity contribution >= 4 is 27.5 Å². The van der Waals surface area contributed by atoms with Gasteiger partial charge in [0.2, 0.25) is 0 Å². The summed E-state index contributed by atoms with van der Waals surface area (Å²) in [5.41, 5.74) is 4.40. The number of nitriles is 1. The molecule has 1 aromatic heterocycles. The smallest absolute Gasteiger partial charge is 0.279 e. The van der Waals surface area contributed by atoms with Crippen molar-refractivity contribution in [3.05, 3.63) is 63.5 Å². The van der Waals surface area contributed by atoms with Crippen molar-refractivity contribution in [2.24, 2.45) is 4.99 Å². The molecule has 6 heteroatoms. The van der Waals surface area contributed by atoms with Crippen LogP contribution in [0.1, 0.15) is 27.0 Å². The van der Waals surface area contributed by atoms with Crippen molar-refractivity contribution < 1.29 is 9.53 Å². The van der Waals surface area contributed by atoms with Crippen molar-refractivity contribution in [3.63, 3.8) is 0 Å². The Morgan fingerprint density at radius 2 is 2.00 bits per heavy atom. The monoisotopic (exact) mass is 365 g/mol. The van der Waals surface area contributed by atoms with Gasteiger partial charge < -0.3 is 9.30 Å². The number of hydrogen-bond acceptors (Lipinski definition) is 4. The number of hydrogen-bond donors (Lipinski definition) is 0. The highest BCUT2D eigenvalue weighted by atomic mass is 32.1. The van der Waals surface area contributed by atoms with Gasteiger partial charge in [0.1, 0.15) is 0 Å². The molecule has 0 atom stereocenters. The van der Waals surface area contributed by atoms with E-state index in [0.717, 1.165) is 15.8 Å². The zero-order valence-electron chi connectivity index (χ0n) is 14.9. The maximum atomic E-state index is 12.6. The summed E-state index contributed by atoms with van der Waals surface area (Å²) < 4.78 is 8.37. The summed E-state index contributed by atoms with van der Waals surface area (Å²) in [5, 5.41) is 8.88. The Labute approximate surface area is 155 Å². The van der Waals surface area contributed by atoms with Crippen LogP contribution < -0.4 is 4.80 Å². The molecule has 132 valence electrons. The molecule has 1 heterocycles. The number of fused-ring (bicyclic) bond motifs is 1. The molecular weight excluding hydrogens is 346 g/mol. The summed E-state index contributed by atoms with van der Waals surface area (Å²) in [6.45, 7) is 5.29. The second-order valence-corrected chi connectivity index (χ2v) is 7.07. The van der Waals surface area contributed by atoms with Gasteiger partial charge in [-0.15, -0.1) is 0 Å². The minimum absolute atomic E-state index is 0.318. The van der Waals surface area contributed by atoms with Crippen LogP contribution in [0.15, 0.2) is 41.4 Å². The molecule has 2 aromatic carbocycles. The first-order valence-corrected chi connectivity index (χ1v) is 9.04. The van der Waals surface area contributed by atoms with Crippen LogP contribution in [-0.4, -0.2) is 24.2 Å². The number of thiazole rings is 1. The Morgan fingerprint density at radius 3 is 2.65 bits per heavy atom. The van der Waals surface area contributed by atoms with Gasteiger partial charge in [0.05, 0.1) is 28.5 Å². The van der Waals surface area contributed by atoms with Crippen molar-refractivity contribution in [3.8, 4) is 6.07 Å². The highest BCUT2D eigenvalue weighted by Gasteiger charge is 2.12. The first-order chi connectivity index (χ1) is 12.5. The molecular formula is C20H19N3O2S. The molecule has 3 aromatic rings. The number of amides is 1. The molecule has 0 saturated heterocycles. The molecule has 0 N–H and O–H groups in total. The minimum atomic E-state index is -0.318. The first kappa shape index (κ1) is 18.1. The Kier molecular flexibility index (Phi) is 5.31. The second-order valence-electron chi connectivity index (χ2n) is 6.06. The van der Waals surface area contributed by atoms with Crippen LogP contribution in [-0.2, 0) is 11.3 Å². The van der Waals surface area contributed by atoms with E-state index >= 15 is 0 Å². The lowest BCUT2D eigenvalue weighted by molar-refractivity contribution is 0.0997. The summed E-state index contributed by atoms with van der Waals surface area (Å²) in [6, 6.07) is 12.8. The maximum absolute atomic E-state index is 12.6. The number of benzene rings is 2. The van der Waals surface area contributed by atoms with E-state index in [9.17, 15) is 4.79 Å². The summed E-state index contributed by atoms with van der Waals surface area (Å²) >= 11 is 1.50. The summed E-state index contributed by atoms with van der Waals surface area (Å²) in [4.78, 5) is 17.6. The molecule has 3 rings (SSSR count). The van der Waals surface area contributed by atoms with Gasteiger partial charge in [0, 0.05) is 19.2 Å². The van der Waals surface area contributed by atoms with Gasteiger partial charge in [0.15, 0.2) is 4.80 Å². The fourth-order valence-electron chi connectivity index (χ4n) is 2.91. The van der Waals surface area contributed by atoms with Crippen LogP contribution in [0.4, 0.5) is 0 Å². The predicted octanol–water partition coefficient (Wildman–Crippen LogP) is 3.58. The van der Waals surface area contributed by atoms with Crippen molar-refractivity contribution in [2.45, 2.75) is 20.4 Å². The van der Waals surface area contributed by atoms with Crippen LogP contribution in [0.2, 0.25) is 0 Å². The van der Waals surface area contributed by atoms with Crippen molar-refractivity contribution in [1.29, 1.82) is 5.26 Å². The summed E-state index contributed by atoms with van der Waals surface area (Å²) in [7, 11) is 1.66. The summed E-state index contributed by atoms with van der Waals surface area (Å²) in [5.74, 6) is -0.318. The zero-order valence-corrected chi connectivity index (χ0v) is 15.8.